The van der Waals surface area contributed by atoms with E-state index in [4.69, 9.17) is 0 Å². The Kier molecular flexibility index (Phi) is 9.16. The first kappa shape index (κ1) is 21.5. The monoisotopic (exact) mass is 348 g/mol. The molecule has 0 amide bonds. The van der Waals surface area contributed by atoms with Gasteiger partial charge in [-0.15, -0.1) is 0 Å². The Morgan fingerprint density at radius 1 is 0.667 bits per heavy atom. The second-order valence-corrected chi connectivity index (χ2v) is 19.2. The first-order chi connectivity index (χ1) is 9.59. The van der Waals surface area contributed by atoms with Crippen molar-refractivity contribution in [1.29, 1.82) is 0 Å². The van der Waals surface area contributed by atoms with E-state index in [-0.39, 0.29) is 9.84 Å². The molecular weight excluding hydrogens is 308 g/mol. The van der Waals surface area contributed by atoms with Crippen LogP contribution in [0.25, 0.3) is 0 Å². The van der Waals surface area contributed by atoms with Gasteiger partial charge in [0.25, 0.3) is 0 Å². The number of hydrogen-bond donors (Lipinski definition) is 0. The lowest BCUT2D eigenvalue weighted by Gasteiger charge is -2.55. The molecule has 0 unspecified atom stereocenters. The van der Waals surface area contributed by atoms with E-state index in [0.717, 1.165) is 0 Å². The van der Waals surface area contributed by atoms with Crippen LogP contribution in [0, 0.1) is 0 Å². The Morgan fingerprint density at radius 2 is 0.952 bits per heavy atom. The Bertz CT molecular complexity index is 266. The molecule has 0 N–H and O–H groups in total. The minimum atomic E-state index is -1.55. The Hall–Kier alpha value is 0.491. The molecule has 4 nitrogen and oxygen atoms in total. The summed E-state index contributed by atoms with van der Waals surface area (Å²) in [5, 5.41) is 0. The molecule has 0 fully saturated rings. The fourth-order valence-electron chi connectivity index (χ4n) is 3.63. The van der Waals surface area contributed by atoms with Gasteiger partial charge in [0, 0.05) is 0 Å². The SMILES string of the molecule is CCN(CC)[Si](C)(C)N([SiH2]N(C)C)[Si](C)(C)N(CC)CC. The molecule has 0 aromatic rings. The standard InChI is InChI=1S/C14H40N4Si3/c1-11-16(12-2)20(7,8)18(19-15(5)6)21(9,10)17(13-3)14-4/h11-14,19H2,1-10H3. The molecule has 0 aliphatic carbocycles. The highest BCUT2D eigenvalue weighted by Gasteiger charge is 2.46. The summed E-state index contributed by atoms with van der Waals surface area (Å²) in [7, 11) is 1.06. The largest absolute Gasteiger partial charge is 0.337 e. The fraction of sp³-hybridized carbons (Fsp3) is 1.00. The van der Waals surface area contributed by atoms with E-state index in [1.165, 1.54) is 26.2 Å². The quantitative estimate of drug-likeness (QED) is 0.559. The summed E-state index contributed by atoms with van der Waals surface area (Å²) in [5.74, 6) is 0. The Morgan fingerprint density at radius 3 is 1.14 bits per heavy atom. The lowest BCUT2D eigenvalue weighted by molar-refractivity contribution is 0.407. The lowest BCUT2D eigenvalue weighted by Crippen LogP contribution is -2.76. The zero-order valence-corrected chi connectivity index (χ0v) is 19.7. The average molecular weight is 349 g/mol. The van der Waals surface area contributed by atoms with Crippen molar-refractivity contribution in [2.75, 3.05) is 40.3 Å². The van der Waals surface area contributed by atoms with E-state index in [0.29, 0.717) is 0 Å². The van der Waals surface area contributed by atoms with Crippen LogP contribution >= 0.6 is 0 Å². The summed E-state index contributed by atoms with van der Waals surface area (Å²) in [4.78, 5) is 0. The molecule has 0 spiro atoms. The Labute approximate surface area is 138 Å². The average Bonchev–Trinajstić information content (AvgIpc) is 2.37. The van der Waals surface area contributed by atoms with Crippen molar-refractivity contribution in [3.05, 3.63) is 0 Å². The second kappa shape index (κ2) is 8.95. The maximum atomic E-state index is 3.04. The molecule has 0 rings (SSSR count). The van der Waals surface area contributed by atoms with E-state index in [9.17, 15) is 0 Å². The van der Waals surface area contributed by atoms with E-state index >= 15 is 0 Å². The van der Waals surface area contributed by atoms with Gasteiger partial charge < -0.3 is 17.6 Å². The lowest BCUT2D eigenvalue weighted by atomic mass is 10.7. The molecule has 0 aromatic carbocycles. The number of rotatable bonds is 10. The molecule has 0 heterocycles. The van der Waals surface area contributed by atoms with Gasteiger partial charge >= 0.3 is 0 Å². The minimum absolute atomic E-state index is 0.364. The van der Waals surface area contributed by atoms with Crippen LogP contribution in [0.4, 0.5) is 0 Å². The third kappa shape index (κ3) is 5.26. The molecule has 128 valence electrons. The molecule has 0 bridgehead atoms. The summed E-state index contributed by atoms with van der Waals surface area (Å²) in [5.41, 5.74) is 0. The molecule has 0 aliphatic heterocycles. The Balaban J connectivity index is 5.65. The van der Waals surface area contributed by atoms with Crippen molar-refractivity contribution in [3.63, 3.8) is 0 Å². The maximum Gasteiger partial charge on any atom is 0.188 e. The molecule has 0 saturated carbocycles. The molecule has 0 radical (unpaired) electrons. The number of hydrogen-bond acceptors (Lipinski definition) is 4. The maximum absolute atomic E-state index is 3.04. The predicted molar refractivity (Wildman–Crippen MR) is 105 cm³/mol. The molecule has 0 aliphatic rings. The van der Waals surface area contributed by atoms with E-state index in [2.05, 4.69) is 85.6 Å². The first-order valence-corrected chi connectivity index (χ1v) is 15.6. The van der Waals surface area contributed by atoms with Gasteiger partial charge in [0.1, 0.15) is 0 Å². The number of nitrogens with zero attached hydrogens (tertiary/aromatic N) is 4. The summed E-state index contributed by atoms with van der Waals surface area (Å²) >= 11 is 0. The summed E-state index contributed by atoms with van der Waals surface area (Å²) < 4.78 is 11.0. The summed E-state index contributed by atoms with van der Waals surface area (Å²) in [6, 6.07) is 0. The molecule has 0 saturated heterocycles. The topological polar surface area (TPSA) is 13.0 Å². The summed E-state index contributed by atoms with van der Waals surface area (Å²) in [6.45, 7) is 24.2. The predicted octanol–water partition coefficient (Wildman–Crippen LogP) is 1.94. The third-order valence-corrected chi connectivity index (χ3v) is 21.4. The highest BCUT2D eigenvalue weighted by atomic mass is 28.5. The molecule has 7 heteroatoms. The van der Waals surface area contributed by atoms with Crippen LogP contribution in [0.2, 0.25) is 26.2 Å². The van der Waals surface area contributed by atoms with Crippen molar-refractivity contribution < 1.29 is 0 Å². The fourth-order valence-corrected chi connectivity index (χ4v) is 19.8. The first-order valence-electron chi connectivity index (χ1n) is 8.51. The van der Waals surface area contributed by atoms with E-state index in [1.54, 1.807) is 0 Å². The van der Waals surface area contributed by atoms with Crippen molar-refractivity contribution >= 4 is 26.6 Å². The van der Waals surface area contributed by atoms with Crippen molar-refractivity contribution in [2.45, 2.75) is 53.9 Å². The van der Waals surface area contributed by atoms with Crippen molar-refractivity contribution in [1.82, 2.24) is 17.6 Å². The van der Waals surface area contributed by atoms with Crippen LogP contribution < -0.4 is 0 Å². The van der Waals surface area contributed by atoms with Crippen LogP contribution in [0.3, 0.4) is 0 Å². The molecule has 0 atom stereocenters. The van der Waals surface area contributed by atoms with Gasteiger partial charge in [-0.3, -0.25) is 0 Å². The molecule has 0 aromatic heterocycles. The molecule has 21 heavy (non-hydrogen) atoms. The zero-order valence-electron chi connectivity index (χ0n) is 16.3. The highest BCUT2D eigenvalue weighted by Crippen LogP contribution is 2.25. The van der Waals surface area contributed by atoms with Crippen LogP contribution in [-0.4, -0.2) is 84.5 Å². The van der Waals surface area contributed by atoms with Gasteiger partial charge in [0.15, 0.2) is 26.6 Å². The van der Waals surface area contributed by atoms with Crippen molar-refractivity contribution in [3.8, 4) is 0 Å². The van der Waals surface area contributed by atoms with Gasteiger partial charge in [-0.25, -0.2) is 0 Å². The van der Waals surface area contributed by atoms with E-state index < -0.39 is 16.8 Å². The highest BCUT2D eigenvalue weighted by molar-refractivity contribution is 6.94. The van der Waals surface area contributed by atoms with E-state index in [1.807, 2.05) is 0 Å². The second-order valence-electron chi connectivity index (χ2n) is 6.98. The van der Waals surface area contributed by atoms with Crippen molar-refractivity contribution in [2.24, 2.45) is 0 Å². The third-order valence-electron chi connectivity index (χ3n) is 4.82. The van der Waals surface area contributed by atoms with Crippen LogP contribution in [-0.2, 0) is 0 Å². The van der Waals surface area contributed by atoms with Gasteiger partial charge in [0.2, 0.25) is 0 Å². The molecular formula is C14H40N4Si3. The minimum Gasteiger partial charge on any atom is -0.337 e. The van der Waals surface area contributed by atoms with Gasteiger partial charge in [-0.1, -0.05) is 27.7 Å². The van der Waals surface area contributed by atoms with Crippen LogP contribution in [0.15, 0.2) is 0 Å². The van der Waals surface area contributed by atoms with Crippen LogP contribution in [0.5, 0.6) is 0 Å². The van der Waals surface area contributed by atoms with Gasteiger partial charge in [-0.05, 0) is 66.5 Å². The zero-order chi connectivity index (χ0) is 16.8. The smallest absolute Gasteiger partial charge is 0.188 e. The van der Waals surface area contributed by atoms with Gasteiger partial charge in [0.05, 0.1) is 0 Å². The van der Waals surface area contributed by atoms with Crippen LogP contribution in [0.1, 0.15) is 27.7 Å². The normalized spacial score (nSPS) is 14.6. The summed E-state index contributed by atoms with van der Waals surface area (Å²) in [6.07, 6.45) is 0. The van der Waals surface area contributed by atoms with Gasteiger partial charge in [-0.2, -0.15) is 0 Å².